The fourth-order valence-corrected chi connectivity index (χ4v) is 4.46. The summed E-state index contributed by atoms with van der Waals surface area (Å²) in [4.78, 5) is 24.0. The minimum Gasteiger partial charge on any atom is -0.574 e. The average Bonchev–Trinajstić information content (AvgIpc) is 2.71. The largest absolute Gasteiger partial charge is 0.574 e. The molecule has 0 radical (unpaired) electrons. The van der Waals surface area contributed by atoms with E-state index in [2.05, 4.69) is 34.6 Å². The monoisotopic (exact) mass is 470 g/mol. The van der Waals surface area contributed by atoms with Crippen LogP contribution in [0.3, 0.4) is 0 Å². The predicted molar refractivity (Wildman–Crippen MR) is 115 cm³/mol. The number of ether oxygens (including phenoxy) is 2. The van der Waals surface area contributed by atoms with Crippen LogP contribution in [-0.2, 0) is 14.3 Å². The van der Waals surface area contributed by atoms with Crippen LogP contribution in [-0.4, -0.2) is 35.3 Å². The maximum atomic E-state index is 14.1. The summed E-state index contributed by atoms with van der Waals surface area (Å²) in [7, 11) is 0. The molecule has 1 aliphatic heterocycles. The van der Waals surface area contributed by atoms with Crippen molar-refractivity contribution in [2.75, 3.05) is 6.54 Å². The molecule has 0 aromatic heterocycles. The van der Waals surface area contributed by atoms with Crippen LogP contribution in [0.1, 0.15) is 72.3 Å². The van der Waals surface area contributed by atoms with Crippen LogP contribution in [0.4, 0.5) is 14.5 Å². The Hall–Kier alpha value is -2.75. The van der Waals surface area contributed by atoms with Gasteiger partial charge in [0.2, 0.25) is 0 Å². The van der Waals surface area contributed by atoms with E-state index in [0.717, 1.165) is 18.5 Å². The third kappa shape index (κ3) is 5.98. The van der Waals surface area contributed by atoms with E-state index in [1.807, 2.05) is 0 Å². The van der Waals surface area contributed by atoms with Crippen molar-refractivity contribution in [3.05, 3.63) is 45.4 Å². The predicted octanol–water partition coefficient (Wildman–Crippen LogP) is 2.84. The molecule has 0 bridgehead atoms. The van der Waals surface area contributed by atoms with Gasteiger partial charge in [-0.25, -0.2) is 13.6 Å². The van der Waals surface area contributed by atoms with Crippen molar-refractivity contribution < 1.29 is 38.0 Å². The number of nitro benzene ring substituents is 1. The summed E-state index contributed by atoms with van der Waals surface area (Å²) in [6.45, 7) is 12.6. The number of benzene rings is 1. The van der Waals surface area contributed by atoms with Crippen LogP contribution in [0.5, 0.6) is 0 Å². The van der Waals surface area contributed by atoms with Crippen LogP contribution >= 0.6 is 0 Å². The minimum absolute atomic E-state index is 0.297. The average molecular weight is 471 g/mol. The summed E-state index contributed by atoms with van der Waals surface area (Å²) < 4.78 is 37.8. The standard InChI is InChI=1S/C15H13F2NO6.C8H19N/c16-8-4-5-9(18(21)22)10(12(8)17)11-13(19)23-15(24-14(11)20)6-2-1-3-7-15;1-6-9(7(2)3)8(4)5/h4-5,19H,1-3,6-7H2;7-8H,6H2,1-5H3. The van der Waals surface area contributed by atoms with Gasteiger partial charge in [-0.15, -0.1) is 0 Å². The van der Waals surface area contributed by atoms with Gasteiger partial charge >= 0.3 is 5.97 Å². The van der Waals surface area contributed by atoms with Gasteiger partial charge in [0.25, 0.3) is 5.69 Å². The van der Waals surface area contributed by atoms with Crippen molar-refractivity contribution in [1.29, 1.82) is 0 Å². The summed E-state index contributed by atoms with van der Waals surface area (Å²) in [5.74, 6) is -7.02. The molecule has 1 heterocycles. The van der Waals surface area contributed by atoms with E-state index in [1.165, 1.54) is 6.54 Å². The molecular formula is C23H32F2N2O6. The molecule has 0 amide bonds. The number of carbonyl (C=O) groups is 1. The third-order valence-electron chi connectivity index (χ3n) is 5.99. The first-order valence-electron chi connectivity index (χ1n) is 11.3. The van der Waals surface area contributed by atoms with Gasteiger partial charge in [0.05, 0.1) is 35.1 Å². The van der Waals surface area contributed by atoms with Gasteiger partial charge in [-0.1, -0.05) is 6.42 Å². The van der Waals surface area contributed by atoms with Crippen molar-refractivity contribution in [3.63, 3.8) is 0 Å². The molecule has 33 heavy (non-hydrogen) atoms. The Balaban J connectivity index is 0.000000365. The van der Waals surface area contributed by atoms with E-state index in [-0.39, 0.29) is 0 Å². The Kier molecular flexibility index (Phi) is 8.76. The molecule has 1 aliphatic carbocycles. The van der Waals surface area contributed by atoms with Gasteiger partial charge in [-0.3, -0.25) is 10.1 Å². The number of nitrogens with zero attached hydrogens (tertiary/aromatic N) is 1. The Bertz CT molecular complexity index is 902. The maximum absolute atomic E-state index is 14.1. The summed E-state index contributed by atoms with van der Waals surface area (Å²) >= 11 is 0. The van der Waals surface area contributed by atoms with Crippen molar-refractivity contribution in [2.45, 2.75) is 84.6 Å². The second-order valence-electron chi connectivity index (χ2n) is 8.88. The summed E-state index contributed by atoms with van der Waals surface area (Å²) in [6, 6.07) is 2.76. The number of hydrogen-bond acceptors (Lipinski definition) is 6. The van der Waals surface area contributed by atoms with E-state index in [9.17, 15) is 28.8 Å². The molecule has 10 heteroatoms. The topological polar surface area (TPSA) is 106 Å². The molecule has 2 aliphatic rings. The maximum Gasteiger partial charge on any atom is 0.342 e. The van der Waals surface area contributed by atoms with Crippen molar-refractivity contribution >= 4 is 17.2 Å². The Morgan fingerprint density at radius 2 is 1.67 bits per heavy atom. The van der Waals surface area contributed by atoms with Crippen LogP contribution in [0.2, 0.25) is 0 Å². The molecule has 1 aromatic rings. The molecule has 0 saturated heterocycles. The second kappa shape index (κ2) is 10.9. The highest BCUT2D eigenvalue weighted by molar-refractivity contribution is 6.18. The van der Waals surface area contributed by atoms with Crippen molar-refractivity contribution in [3.8, 4) is 0 Å². The lowest BCUT2D eigenvalue weighted by Gasteiger charge is -2.46. The molecular weight excluding hydrogens is 438 g/mol. The molecule has 0 atom stereocenters. The van der Waals surface area contributed by atoms with Crippen molar-refractivity contribution in [2.24, 2.45) is 0 Å². The Morgan fingerprint density at radius 1 is 1.09 bits per heavy atom. The third-order valence-corrected chi connectivity index (χ3v) is 5.99. The molecule has 3 rings (SSSR count). The fourth-order valence-electron chi connectivity index (χ4n) is 4.46. The number of halogens is 2. The first-order chi connectivity index (χ1) is 15.4. The summed E-state index contributed by atoms with van der Waals surface area (Å²) in [5.41, 5.74) is -2.98. The molecule has 1 spiro atoms. The molecule has 1 N–H and O–H groups in total. The first kappa shape index (κ1) is 26.5. The molecule has 184 valence electrons. The minimum atomic E-state index is -1.67. The quantitative estimate of drug-likeness (QED) is 0.403. The van der Waals surface area contributed by atoms with E-state index in [0.29, 0.717) is 37.8 Å². The lowest BCUT2D eigenvalue weighted by molar-refractivity contribution is -0.940. The lowest BCUT2D eigenvalue weighted by atomic mass is 9.93. The molecule has 1 fully saturated rings. The van der Waals surface area contributed by atoms with Crippen LogP contribution in [0.25, 0.3) is 5.57 Å². The van der Waals surface area contributed by atoms with Gasteiger partial charge in [-0.05, 0) is 66.4 Å². The molecule has 0 unspecified atom stereocenters. The lowest BCUT2D eigenvalue weighted by Crippen LogP contribution is -3.17. The van der Waals surface area contributed by atoms with E-state index in [1.54, 1.807) is 4.90 Å². The Labute approximate surface area is 192 Å². The zero-order chi connectivity index (χ0) is 24.9. The number of rotatable bonds is 5. The van der Waals surface area contributed by atoms with E-state index in [4.69, 9.17) is 9.47 Å². The smallest absolute Gasteiger partial charge is 0.342 e. The Morgan fingerprint density at radius 3 is 2.09 bits per heavy atom. The molecule has 8 nitrogen and oxygen atoms in total. The number of hydrogen-bond donors (Lipinski definition) is 1. The van der Waals surface area contributed by atoms with Gasteiger partial charge in [0, 0.05) is 6.07 Å². The zero-order valence-corrected chi connectivity index (χ0v) is 19.7. The van der Waals surface area contributed by atoms with Crippen LogP contribution in [0.15, 0.2) is 18.1 Å². The number of carbonyl (C=O) groups excluding carboxylic acids is 1. The fraction of sp³-hybridized carbons (Fsp3) is 0.609. The summed E-state index contributed by atoms with van der Waals surface area (Å²) in [6.07, 6.45) is 2.82. The van der Waals surface area contributed by atoms with Crippen LogP contribution in [0, 0.1) is 21.7 Å². The van der Waals surface area contributed by atoms with Crippen molar-refractivity contribution in [1.82, 2.24) is 0 Å². The number of nitrogens with one attached hydrogen (secondary N) is 1. The molecule has 1 aromatic carbocycles. The van der Waals surface area contributed by atoms with Gasteiger partial charge < -0.3 is 19.5 Å². The highest BCUT2D eigenvalue weighted by Gasteiger charge is 2.41. The highest BCUT2D eigenvalue weighted by atomic mass is 19.2. The number of quaternary nitrogens is 1. The van der Waals surface area contributed by atoms with E-state index >= 15 is 0 Å². The SMILES string of the molecule is CC[NH+](C(C)C)C(C)C.O=C1OC2(CCCCC2)OC([O-])=C1c1c([N+](=O)[O-])ccc(F)c1F. The van der Waals surface area contributed by atoms with Gasteiger partial charge in [-0.2, -0.15) is 0 Å². The number of esters is 1. The first-order valence-corrected chi connectivity index (χ1v) is 11.3. The normalized spacial score (nSPS) is 17.7. The highest BCUT2D eigenvalue weighted by Crippen LogP contribution is 2.42. The van der Waals surface area contributed by atoms with Crippen LogP contribution < -0.4 is 10.0 Å². The zero-order valence-electron chi connectivity index (χ0n) is 19.7. The van der Waals surface area contributed by atoms with Gasteiger partial charge in [0.1, 0.15) is 5.56 Å². The van der Waals surface area contributed by atoms with E-state index < -0.39 is 51.1 Å². The summed E-state index contributed by atoms with van der Waals surface area (Å²) in [5, 5.41) is 23.3. The number of nitro groups is 1. The second-order valence-corrected chi connectivity index (χ2v) is 8.88. The van der Waals surface area contributed by atoms with Gasteiger partial charge in [0.15, 0.2) is 17.4 Å². The molecule has 1 saturated carbocycles.